The number of allylic oxidation sites excluding steroid dienone is 2. The average Bonchev–Trinajstić information content (AvgIpc) is 2.90. The molecule has 0 radical (unpaired) electrons. The van der Waals surface area contributed by atoms with E-state index in [1.165, 1.54) is 6.08 Å². The molecule has 3 saturated heterocycles. The van der Waals surface area contributed by atoms with Crippen LogP contribution < -0.4 is 5.32 Å². The van der Waals surface area contributed by atoms with Crippen molar-refractivity contribution in [2.24, 2.45) is 5.92 Å². The SMILES string of the molecule is CC(/C=C/C1OC(C)(C)CC(=O)[C@@H]1O)=C\C[C@@H]1O[C@H](C)[C@H](NC(=O)/C=C\[C@H](C)OC(=O)N2CCOCC2)C[C@@H]1C. The molecule has 0 aromatic carbocycles. The predicted octanol–water partition coefficient (Wildman–Crippen LogP) is 3.09. The molecule has 3 rings (SSSR count). The lowest BCUT2D eigenvalue weighted by Crippen LogP contribution is -2.50. The number of morpholine rings is 1. The fraction of sp³-hybridized carbons (Fsp3) is 0.700. The molecule has 3 fully saturated rings. The van der Waals surface area contributed by atoms with E-state index in [1.807, 2.05) is 33.8 Å². The topological polar surface area (TPSA) is 124 Å². The molecule has 3 heterocycles. The van der Waals surface area contributed by atoms with Crippen molar-refractivity contribution in [2.45, 2.75) is 103 Å². The maximum atomic E-state index is 12.6. The van der Waals surface area contributed by atoms with Crippen molar-refractivity contribution in [1.82, 2.24) is 10.2 Å². The van der Waals surface area contributed by atoms with Gasteiger partial charge in [0.1, 0.15) is 18.3 Å². The van der Waals surface area contributed by atoms with Gasteiger partial charge in [0, 0.05) is 25.6 Å². The zero-order valence-electron chi connectivity index (χ0n) is 24.6. The van der Waals surface area contributed by atoms with Crippen molar-refractivity contribution in [3.63, 3.8) is 0 Å². The van der Waals surface area contributed by atoms with Crippen molar-refractivity contribution in [3.8, 4) is 0 Å². The minimum atomic E-state index is -1.14. The van der Waals surface area contributed by atoms with Crippen LogP contribution in [0, 0.1) is 5.92 Å². The highest BCUT2D eigenvalue weighted by molar-refractivity contribution is 5.88. The highest BCUT2D eigenvalue weighted by Gasteiger charge is 2.39. The van der Waals surface area contributed by atoms with Crippen molar-refractivity contribution in [2.75, 3.05) is 26.3 Å². The van der Waals surface area contributed by atoms with E-state index in [0.29, 0.717) is 32.7 Å². The molecule has 0 saturated carbocycles. The molecule has 0 aromatic rings. The minimum Gasteiger partial charge on any atom is -0.442 e. The zero-order chi connectivity index (χ0) is 29.4. The van der Waals surface area contributed by atoms with E-state index in [1.54, 1.807) is 24.0 Å². The smallest absolute Gasteiger partial charge is 0.410 e. The Labute approximate surface area is 237 Å². The number of aliphatic hydroxyl groups excluding tert-OH is 1. The molecule has 3 aliphatic rings. The molecule has 0 aliphatic carbocycles. The maximum absolute atomic E-state index is 12.6. The maximum Gasteiger partial charge on any atom is 0.410 e. The number of nitrogens with one attached hydrogen (secondary N) is 1. The first kappa shape index (κ1) is 32.0. The molecule has 2 N–H and O–H groups in total. The summed E-state index contributed by atoms with van der Waals surface area (Å²) in [4.78, 5) is 38.4. The number of hydrogen-bond donors (Lipinski definition) is 2. The van der Waals surface area contributed by atoms with Gasteiger partial charge in [-0.3, -0.25) is 9.59 Å². The van der Waals surface area contributed by atoms with Gasteiger partial charge in [0.2, 0.25) is 5.91 Å². The van der Waals surface area contributed by atoms with E-state index in [2.05, 4.69) is 18.3 Å². The van der Waals surface area contributed by atoms with Gasteiger partial charge in [-0.05, 0) is 59.5 Å². The van der Waals surface area contributed by atoms with Crippen molar-refractivity contribution >= 4 is 17.8 Å². The summed E-state index contributed by atoms with van der Waals surface area (Å²) in [6, 6.07) is -0.134. The van der Waals surface area contributed by atoms with Gasteiger partial charge in [0.25, 0.3) is 0 Å². The van der Waals surface area contributed by atoms with Crippen LogP contribution in [0.2, 0.25) is 0 Å². The molecule has 3 aliphatic heterocycles. The fourth-order valence-corrected chi connectivity index (χ4v) is 5.13. The second-order valence-corrected chi connectivity index (χ2v) is 11.7. The number of hydrogen-bond acceptors (Lipinski definition) is 8. The molecule has 10 heteroatoms. The number of Topliss-reactive ketones (excluding diaryl/α,β-unsaturated/α-hetero) is 1. The number of ether oxygens (including phenoxy) is 4. The third-order valence-corrected chi connectivity index (χ3v) is 7.54. The Hall–Kier alpha value is -2.53. The largest absolute Gasteiger partial charge is 0.442 e. The van der Waals surface area contributed by atoms with Gasteiger partial charge in [-0.2, -0.15) is 0 Å². The van der Waals surface area contributed by atoms with Gasteiger partial charge < -0.3 is 34.3 Å². The van der Waals surface area contributed by atoms with Crippen LogP contribution in [0.4, 0.5) is 4.79 Å². The van der Waals surface area contributed by atoms with E-state index in [9.17, 15) is 19.5 Å². The summed E-state index contributed by atoms with van der Waals surface area (Å²) in [7, 11) is 0. The summed E-state index contributed by atoms with van der Waals surface area (Å²) >= 11 is 0. The summed E-state index contributed by atoms with van der Waals surface area (Å²) in [6.07, 6.45) is 7.42. The van der Waals surface area contributed by atoms with Crippen LogP contribution in [0.25, 0.3) is 0 Å². The number of amides is 2. The molecule has 10 nitrogen and oxygen atoms in total. The fourth-order valence-electron chi connectivity index (χ4n) is 5.13. The Bertz CT molecular complexity index is 984. The normalized spacial score (nSPS) is 32.3. The summed E-state index contributed by atoms with van der Waals surface area (Å²) in [5, 5.41) is 13.2. The first-order valence-electron chi connectivity index (χ1n) is 14.3. The quantitative estimate of drug-likeness (QED) is 0.342. The van der Waals surface area contributed by atoms with Crippen LogP contribution in [0.1, 0.15) is 60.8 Å². The standard InChI is InChI=1S/C30H46N2O8/c1-19(8-11-26-28(35)24(33)18-30(5,6)40-26)7-10-25-20(2)17-23(22(4)39-25)31-27(34)12-9-21(3)38-29(36)32-13-15-37-16-14-32/h7-9,11-12,20-23,25-26,28,35H,10,13-18H2,1-6H3,(H,31,34)/b11-8+,12-9-,19-7+/t20-,21-,22+,23+,25-,26?,28-/m0/s1. The second kappa shape index (κ2) is 14.4. The molecule has 1 unspecified atom stereocenters. The average molecular weight is 563 g/mol. The number of ketones is 1. The van der Waals surface area contributed by atoms with Crippen LogP contribution >= 0.6 is 0 Å². The Balaban J connectivity index is 1.44. The number of carbonyl (C=O) groups excluding carboxylic acids is 3. The second-order valence-electron chi connectivity index (χ2n) is 11.7. The number of aliphatic hydroxyl groups is 1. The molecule has 224 valence electrons. The van der Waals surface area contributed by atoms with Gasteiger partial charge >= 0.3 is 6.09 Å². The van der Waals surface area contributed by atoms with Crippen molar-refractivity contribution in [1.29, 1.82) is 0 Å². The Morgan fingerprint density at radius 3 is 2.62 bits per heavy atom. The van der Waals surface area contributed by atoms with Gasteiger partial charge in [-0.25, -0.2) is 4.79 Å². The first-order valence-corrected chi connectivity index (χ1v) is 14.3. The third-order valence-electron chi connectivity index (χ3n) is 7.54. The molecule has 0 bridgehead atoms. The summed E-state index contributed by atoms with van der Waals surface area (Å²) in [6.45, 7) is 13.4. The van der Waals surface area contributed by atoms with E-state index >= 15 is 0 Å². The number of carbonyl (C=O) groups is 3. The molecule has 40 heavy (non-hydrogen) atoms. The van der Waals surface area contributed by atoms with Gasteiger partial charge in [-0.15, -0.1) is 0 Å². The predicted molar refractivity (Wildman–Crippen MR) is 150 cm³/mol. The monoisotopic (exact) mass is 562 g/mol. The van der Waals surface area contributed by atoms with Crippen molar-refractivity contribution < 1.29 is 38.4 Å². The number of nitrogens with zero attached hydrogens (tertiary/aromatic N) is 1. The van der Waals surface area contributed by atoms with E-state index in [-0.39, 0.29) is 42.3 Å². The van der Waals surface area contributed by atoms with E-state index in [0.717, 1.165) is 12.0 Å². The molecular formula is C30H46N2O8. The lowest BCUT2D eigenvalue weighted by atomic mass is 9.88. The van der Waals surface area contributed by atoms with Crippen LogP contribution in [0.15, 0.2) is 36.0 Å². The zero-order valence-corrected chi connectivity index (χ0v) is 24.6. The Morgan fingerprint density at radius 2 is 1.93 bits per heavy atom. The molecule has 7 atom stereocenters. The molecular weight excluding hydrogens is 516 g/mol. The summed E-state index contributed by atoms with van der Waals surface area (Å²) < 4.78 is 22.8. The van der Waals surface area contributed by atoms with E-state index in [4.69, 9.17) is 18.9 Å². The van der Waals surface area contributed by atoms with Gasteiger partial charge in [0.15, 0.2) is 5.78 Å². The number of rotatable bonds is 8. The van der Waals surface area contributed by atoms with E-state index < -0.39 is 30.0 Å². The summed E-state index contributed by atoms with van der Waals surface area (Å²) in [5.41, 5.74) is 0.388. The van der Waals surface area contributed by atoms with Crippen molar-refractivity contribution in [3.05, 3.63) is 36.0 Å². The lowest BCUT2D eigenvalue weighted by Gasteiger charge is -2.39. The third kappa shape index (κ3) is 9.54. The van der Waals surface area contributed by atoms with Crippen LogP contribution in [-0.4, -0.2) is 96.3 Å². The molecule has 2 amide bonds. The highest BCUT2D eigenvalue weighted by atomic mass is 16.6. The van der Waals surface area contributed by atoms with Crippen LogP contribution in [0.5, 0.6) is 0 Å². The van der Waals surface area contributed by atoms with Crippen LogP contribution in [0.3, 0.4) is 0 Å². The van der Waals surface area contributed by atoms with Gasteiger partial charge in [-0.1, -0.05) is 30.7 Å². The van der Waals surface area contributed by atoms with Gasteiger partial charge in [0.05, 0.1) is 37.1 Å². The molecule has 0 aromatic heterocycles. The first-order chi connectivity index (χ1) is 18.8. The molecule has 0 spiro atoms. The lowest BCUT2D eigenvalue weighted by molar-refractivity contribution is -0.165. The summed E-state index contributed by atoms with van der Waals surface area (Å²) in [5.74, 6) is -0.242. The highest BCUT2D eigenvalue weighted by Crippen LogP contribution is 2.29. The van der Waals surface area contributed by atoms with Crippen LogP contribution in [-0.2, 0) is 28.5 Å². The minimum absolute atomic E-state index is 0.00121. The Morgan fingerprint density at radius 1 is 1.23 bits per heavy atom. The Kier molecular flexibility index (Phi) is 11.5.